The number of hydrogen-bond acceptors (Lipinski definition) is 6. The summed E-state index contributed by atoms with van der Waals surface area (Å²) >= 11 is 1.26. The number of rotatable bonds is 2. The molecule has 2 aromatic heterocycles. The third kappa shape index (κ3) is 1.94. The van der Waals surface area contributed by atoms with E-state index in [1.807, 2.05) is 6.92 Å². The molecule has 1 unspecified atom stereocenters. The fourth-order valence-corrected chi connectivity index (χ4v) is 3.60. The van der Waals surface area contributed by atoms with E-state index < -0.39 is 0 Å². The summed E-state index contributed by atoms with van der Waals surface area (Å²) in [5, 5.41) is 4.79. The molecule has 0 saturated carbocycles. The summed E-state index contributed by atoms with van der Waals surface area (Å²) in [5.41, 5.74) is 10.2. The molecular formula is C15H14N4OS. The topological polar surface area (TPSA) is 77.8 Å². The standard InChI is InChI=1S/C15H14N4OS/c1-8-12(13(16)21-19-8)15-17-14(18-20-15)11-7-6-9-4-2-3-5-10(9)11/h2-5,11H,6-7,16H2,1H3. The van der Waals surface area contributed by atoms with Crippen LogP contribution in [0.5, 0.6) is 0 Å². The van der Waals surface area contributed by atoms with Gasteiger partial charge in [-0.15, -0.1) is 0 Å². The molecular weight excluding hydrogens is 284 g/mol. The summed E-state index contributed by atoms with van der Waals surface area (Å²) in [5.74, 6) is 1.42. The molecule has 4 rings (SSSR count). The highest BCUT2D eigenvalue weighted by Crippen LogP contribution is 2.38. The Morgan fingerprint density at radius 2 is 2.19 bits per heavy atom. The van der Waals surface area contributed by atoms with Crippen molar-refractivity contribution in [2.75, 3.05) is 5.73 Å². The minimum Gasteiger partial charge on any atom is -0.389 e. The fraction of sp³-hybridized carbons (Fsp3) is 0.267. The van der Waals surface area contributed by atoms with E-state index in [1.165, 1.54) is 22.7 Å². The number of anilines is 1. The van der Waals surface area contributed by atoms with Gasteiger partial charge in [0.05, 0.1) is 11.3 Å². The summed E-state index contributed by atoms with van der Waals surface area (Å²) in [6.07, 6.45) is 2.08. The number of benzene rings is 1. The van der Waals surface area contributed by atoms with Gasteiger partial charge in [-0.3, -0.25) is 0 Å². The van der Waals surface area contributed by atoms with Gasteiger partial charge in [0.2, 0.25) is 0 Å². The van der Waals surface area contributed by atoms with Crippen molar-refractivity contribution in [1.29, 1.82) is 0 Å². The van der Waals surface area contributed by atoms with Gasteiger partial charge in [0.15, 0.2) is 5.82 Å². The molecule has 0 amide bonds. The molecule has 0 aliphatic heterocycles. The molecule has 3 aromatic rings. The molecule has 0 fully saturated rings. The molecule has 1 atom stereocenters. The highest BCUT2D eigenvalue weighted by molar-refractivity contribution is 7.10. The van der Waals surface area contributed by atoms with Crippen molar-refractivity contribution >= 4 is 16.5 Å². The van der Waals surface area contributed by atoms with Gasteiger partial charge < -0.3 is 10.3 Å². The maximum Gasteiger partial charge on any atom is 0.262 e. The van der Waals surface area contributed by atoms with Crippen LogP contribution in [0, 0.1) is 6.92 Å². The van der Waals surface area contributed by atoms with E-state index in [0.29, 0.717) is 10.9 Å². The van der Waals surface area contributed by atoms with Gasteiger partial charge in [0.25, 0.3) is 5.89 Å². The van der Waals surface area contributed by atoms with E-state index in [0.717, 1.165) is 29.9 Å². The van der Waals surface area contributed by atoms with E-state index in [2.05, 4.69) is 38.8 Å². The molecule has 2 heterocycles. The van der Waals surface area contributed by atoms with Gasteiger partial charge >= 0.3 is 0 Å². The lowest BCUT2D eigenvalue weighted by Gasteiger charge is -2.05. The predicted molar refractivity (Wildman–Crippen MR) is 81.2 cm³/mol. The summed E-state index contributed by atoms with van der Waals surface area (Å²) in [6.45, 7) is 1.90. The average Bonchev–Trinajstić information content (AvgIpc) is 3.17. The van der Waals surface area contributed by atoms with Crippen LogP contribution < -0.4 is 5.73 Å². The molecule has 0 radical (unpaired) electrons. The Morgan fingerprint density at radius 3 is 3.00 bits per heavy atom. The van der Waals surface area contributed by atoms with E-state index in [4.69, 9.17) is 10.3 Å². The van der Waals surface area contributed by atoms with Gasteiger partial charge in [-0.1, -0.05) is 29.4 Å². The van der Waals surface area contributed by atoms with Crippen LogP contribution in [-0.4, -0.2) is 14.5 Å². The summed E-state index contributed by atoms with van der Waals surface area (Å²) in [4.78, 5) is 4.56. The van der Waals surface area contributed by atoms with E-state index in [1.54, 1.807) is 0 Å². The minimum absolute atomic E-state index is 0.215. The van der Waals surface area contributed by atoms with E-state index in [9.17, 15) is 0 Å². The summed E-state index contributed by atoms with van der Waals surface area (Å²) in [7, 11) is 0. The van der Waals surface area contributed by atoms with Crippen molar-refractivity contribution in [3.8, 4) is 11.5 Å². The van der Waals surface area contributed by atoms with Gasteiger partial charge in [0.1, 0.15) is 5.00 Å². The molecule has 6 heteroatoms. The first-order chi connectivity index (χ1) is 10.2. The summed E-state index contributed by atoms with van der Waals surface area (Å²) in [6, 6.07) is 8.45. The van der Waals surface area contributed by atoms with Crippen molar-refractivity contribution in [1.82, 2.24) is 14.5 Å². The second kappa shape index (κ2) is 4.66. The molecule has 1 aliphatic carbocycles. The Bertz CT molecular complexity index is 788. The number of aromatic nitrogens is 3. The average molecular weight is 298 g/mol. The highest BCUT2D eigenvalue weighted by atomic mass is 32.1. The van der Waals surface area contributed by atoms with Crippen molar-refractivity contribution in [3.05, 3.63) is 46.9 Å². The van der Waals surface area contributed by atoms with Crippen molar-refractivity contribution < 1.29 is 4.52 Å². The maximum atomic E-state index is 5.94. The molecule has 5 nitrogen and oxygen atoms in total. The smallest absolute Gasteiger partial charge is 0.262 e. The van der Waals surface area contributed by atoms with Crippen LogP contribution in [-0.2, 0) is 6.42 Å². The number of aryl methyl sites for hydroxylation is 2. The Morgan fingerprint density at radius 1 is 1.33 bits per heavy atom. The van der Waals surface area contributed by atoms with Crippen molar-refractivity contribution in [2.45, 2.75) is 25.7 Å². The Labute approximate surface area is 126 Å². The minimum atomic E-state index is 0.215. The Balaban J connectivity index is 1.73. The number of fused-ring (bicyclic) bond motifs is 1. The lowest BCUT2D eigenvalue weighted by molar-refractivity contribution is 0.419. The molecule has 106 valence electrons. The highest BCUT2D eigenvalue weighted by Gasteiger charge is 2.28. The number of nitrogen functional groups attached to an aromatic ring is 1. The lowest BCUT2D eigenvalue weighted by atomic mass is 10.0. The van der Waals surface area contributed by atoms with Crippen molar-refractivity contribution in [3.63, 3.8) is 0 Å². The fourth-order valence-electron chi connectivity index (χ4n) is 2.95. The first-order valence-corrected chi connectivity index (χ1v) is 7.65. The number of nitrogens with zero attached hydrogens (tertiary/aromatic N) is 3. The molecule has 0 bridgehead atoms. The molecule has 0 spiro atoms. The van der Waals surface area contributed by atoms with Crippen LogP contribution in [0.2, 0.25) is 0 Å². The van der Waals surface area contributed by atoms with Gasteiger partial charge in [-0.05, 0) is 42.4 Å². The predicted octanol–water partition coefficient (Wildman–Crippen LogP) is 3.16. The van der Waals surface area contributed by atoms with Crippen molar-refractivity contribution in [2.24, 2.45) is 0 Å². The third-order valence-corrected chi connectivity index (χ3v) is 4.76. The molecule has 2 N–H and O–H groups in total. The van der Waals surface area contributed by atoms with Gasteiger partial charge in [0, 0.05) is 5.92 Å². The van der Waals surface area contributed by atoms with E-state index >= 15 is 0 Å². The first kappa shape index (κ1) is 12.5. The third-order valence-electron chi connectivity index (χ3n) is 3.99. The Hall–Kier alpha value is -2.21. The van der Waals surface area contributed by atoms with Crippen LogP contribution in [0.1, 0.15) is 35.0 Å². The Kier molecular flexibility index (Phi) is 2.78. The second-order valence-corrected chi connectivity index (χ2v) is 6.06. The largest absolute Gasteiger partial charge is 0.389 e. The summed E-state index contributed by atoms with van der Waals surface area (Å²) < 4.78 is 9.65. The molecule has 21 heavy (non-hydrogen) atoms. The van der Waals surface area contributed by atoms with Crippen LogP contribution in [0.15, 0.2) is 28.8 Å². The first-order valence-electron chi connectivity index (χ1n) is 6.87. The molecule has 1 aliphatic rings. The monoisotopic (exact) mass is 298 g/mol. The normalized spacial score (nSPS) is 17.1. The van der Waals surface area contributed by atoms with E-state index in [-0.39, 0.29) is 5.92 Å². The van der Waals surface area contributed by atoms with Crippen LogP contribution in [0.4, 0.5) is 5.00 Å². The SMILES string of the molecule is Cc1nsc(N)c1-c1nc(C2CCc3ccccc32)no1. The quantitative estimate of drug-likeness (QED) is 0.786. The molecule has 1 aromatic carbocycles. The van der Waals surface area contributed by atoms with Crippen LogP contribution >= 0.6 is 11.5 Å². The van der Waals surface area contributed by atoms with Gasteiger partial charge in [-0.2, -0.15) is 9.36 Å². The number of nitrogens with two attached hydrogens (primary N) is 1. The zero-order chi connectivity index (χ0) is 14.4. The van der Waals surface area contributed by atoms with Gasteiger partial charge in [-0.25, -0.2) is 0 Å². The molecule has 0 saturated heterocycles. The zero-order valence-electron chi connectivity index (χ0n) is 11.5. The van der Waals surface area contributed by atoms with Crippen LogP contribution in [0.3, 0.4) is 0 Å². The number of hydrogen-bond donors (Lipinski definition) is 1. The van der Waals surface area contributed by atoms with Crippen LogP contribution in [0.25, 0.3) is 11.5 Å². The maximum absolute atomic E-state index is 5.94. The lowest BCUT2D eigenvalue weighted by Crippen LogP contribution is -1.98. The zero-order valence-corrected chi connectivity index (χ0v) is 12.4. The second-order valence-electron chi connectivity index (χ2n) is 5.26.